The van der Waals surface area contributed by atoms with Crippen LogP contribution in [0.2, 0.25) is 0 Å². The molecular formula is C14H17BrN2O3. The first-order valence-electron chi connectivity index (χ1n) is 6.45. The Hall–Kier alpha value is -1.40. The standard InChI is InChI=1S/C14H17BrN2O3/c1-3-12-14(19)16-13(18)8-17(12)7-9-6-10(20-2)4-5-11(9)15/h4-6,12H,3,7-8H2,1-2H3,(H,16,18,19). The molecule has 1 fully saturated rings. The Bertz CT molecular complexity index is 533. The van der Waals surface area contributed by atoms with E-state index in [0.717, 1.165) is 15.8 Å². The fourth-order valence-electron chi connectivity index (χ4n) is 2.35. The van der Waals surface area contributed by atoms with E-state index < -0.39 is 0 Å². The summed E-state index contributed by atoms with van der Waals surface area (Å²) in [6, 6.07) is 5.40. The Balaban J connectivity index is 2.22. The maximum Gasteiger partial charge on any atom is 0.243 e. The summed E-state index contributed by atoms with van der Waals surface area (Å²) in [6.45, 7) is 2.69. The third kappa shape index (κ3) is 3.19. The third-order valence-electron chi connectivity index (χ3n) is 3.37. The van der Waals surface area contributed by atoms with E-state index in [1.54, 1.807) is 7.11 Å². The van der Waals surface area contributed by atoms with Crippen LogP contribution in [0.3, 0.4) is 0 Å². The second-order valence-electron chi connectivity index (χ2n) is 4.70. The molecule has 20 heavy (non-hydrogen) atoms. The summed E-state index contributed by atoms with van der Waals surface area (Å²) < 4.78 is 6.15. The van der Waals surface area contributed by atoms with Crippen molar-refractivity contribution in [2.24, 2.45) is 0 Å². The normalized spacial score (nSPS) is 19.9. The molecule has 0 saturated carbocycles. The highest BCUT2D eigenvalue weighted by Crippen LogP contribution is 2.25. The molecule has 2 amide bonds. The first-order chi connectivity index (χ1) is 9.55. The van der Waals surface area contributed by atoms with Crippen molar-refractivity contribution in [3.05, 3.63) is 28.2 Å². The molecule has 6 heteroatoms. The predicted molar refractivity (Wildman–Crippen MR) is 78.3 cm³/mol. The van der Waals surface area contributed by atoms with Gasteiger partial charge in [-0.25, -0.2) is 0 Å². The Morgan fingerprint density at radius 1 is 1.45 bits per heavy atom. The molecule has 1 heterocycles. The molecule has 0 spiro atoms. The van der Waals surface area contributed by atoms with Gasteiger partial charge in [0.05, 0.1) is 19.7 Å². The zero-order valence-corrected chi connectivity index (χ0v) is 13.1. The Kier molecular flexibility index (Phi) is 4.77. The molecule has 108 valence electrons. The van der Waals surface area contributed by atoms with E-state index in [1.807, 2.05) is 30.0 Å². The highest BCUT2D eigenvalue weighted by atomic mass is 79.9. The van der Waals surface area contributed by atoms with Crippen LogP contribution in [-0.4, -0.2) is 36.4 Å². The molecular weight excluding hydrogens is 324 g/mol. The van der Waals surface area contributed by atoms with Crippen LogP contribution in [0.15, 0.2) is 22.7 Å². The van der Waals surface area contributed by atoms with Crippen LogP contribution in [-0.2, 0) is 16.1 Å². The number of carbonyl (C=O) groups is 2. The van der Waals surface area contributed by atoms with Crippen LogP contribution in [0.4, 0.5) is 0 Å². The summed E-state index contributed by atoms with van der Waals surface area (Å²) in [7, 11) is 1.61. The fourth-order valence-corrected chi connectivity index (χ4v) is 2.72. The number of amides is 2. The molecule has 1 aliphatic heterocycles. The predicted octanol–water partition coefficient (Wildman–Crippen LogP) is 1.69. The summed E-state index contributed by atoms with van der Waals surface area (Å²) in [4.78, 5) is 25.3. The van der Waals surface area contributed by atoms with Crippen LogP contribution in [0.1, 0.15) is 18.9 Å². The van der Waals surface area contributed by atoms with Crippen molar-refractivity contribution in [2.45, 2.75) is 25.9 Å². The van der Waals surface area contributed by atoms with Crippen molar-refractivity contribution < 1.29 is 14.3 Å². The monoisotopic (exact) mass is 340 g/mol. The minimum atomic E-state index is -0.272. The second kappa shape index (κ2) is 6.37. The molecule has 1 aromatic carbocycles. The number of nitrogens with one attached hydrogen (secondary N) is 1. The Morgan fingerprint density at radius 3 is 2.85 bits per heavy atom. The number of carbonyl (C=O) groups excluding carboxylic acids is 2. The number of piperazine rings is 1. The number of ether oxygens (including phenoxy) is 1. The first kappa shape index (κ1) is 15.0. The minimum absolute atomic E-state index is 0.220. The third-order valence-corrected chi connectivity index (χ3v) is 4.14. The van der Waals surface area contributed by atoms with Gasteiger partial charge in [-0.1, -0.05) is 22.9 Å². The molecule has 2 rings (SSSR count). The maximum atomic E-state index is 11.8. The van der Waals surface area contributed by atoms with Crippen LogP contribution >= 0.6 is 15.9 Å². The van der Waals surface area contributed by atoms with Gasteiger partial charge in [-0.3, -0.25) is 19.8 Å². The van der Waals surface area contributed by atoms with E-state index in [9.17, 15) is 9.59 Å². The lowest BCUT2D eigenvalue weighted by atomic mass is 10.1. The molecule has 0 aliphatic carbocycles. The van der Waals surface area contributed by atoms with Crippen LogP contribution in [0.5, 0.6) is 5.75 Å². The summed E-state index contributed by atoms with van der Waals surface area (Å²) in [5.41, 5.74) is 0.991. The number of hydrogen-bond acceptors (Lipinski definition) is 4. The van der Waals surface area contributed by atoms with Gasteiger partial charge < -0.3 is 4.74 Å². The number of halogens is 1. The van der Waals surface area contributed by atoms with Crippen molar-refractivity contribution in [3.63, 3.8) is 0 Å². The van der Waals surface area contributed by atoms with Gasteiger partial charge in [0.2, 0.25) is 11.8 Å². The smallest absolute Gasteiger partial charge is 0.243 e. The zero-order valence-electron chi connectivity index (χ0n) is 11.5. The molecule has 1 saturated heterocycles. The van der Waals surface area contributed by atoms with Crippen LogP contribution < -0.4 is 10.1 Å². The summed E-state index contributed by atoms with van der Waals surface area (Å²) >= 11 is 3.49. The number of methoxy groups -OCH3 is 1. The Labute approximate surface area is 126 Å². The average Bonchev–Trinajstić information content (AvgIpc) is 2.41. The molecule has 0 bridgehead atoms. The van der Waals surface area contributed by atoms with Crippen molar-refractivity contribution >= 4 is 27.7 Å². The van der Waals surface area contributed by atoms with Gasteiger partial charge in [0.1, 0.15) is 5.75 Å². The van der Waals surface area contributed by atoms with Gasteiger partial charge >= 0.3 is 0 Å². The van der Waals surface area contributed by atoms with E-state index in [4.69, 9.17) is 4.74 Å². The van der Waals surface area contributed by atoms with Gasteiger partial charge in [0, 0.05) is 11.0 Å². The molecule has 1 unspecified atom stereocenters. The fraction of sp³-hybridized carbons (Fsp3) is 0.429. The van der Waals surface area contributed by atoms with Gasteiger partial charge in [0.15, 0.2) is 0 Å². The number of hydrogen-bond donors (Lipinski definition) is 1. The molecule has 0 radical (unpaired) electrons. The van der Waals surface area contributed by atoms with Gasteiger partial charge in [0.25, 0.3) is 0 Å². The zero-order chi connectivity index (χ0) is 14.7. The Morgan fingerprint density at radius 2 is 2.20 bits per heavy atom. The SMILES string of the molecule is CCC1C(=O)NC(=O)CN1Cc1cc(OC)ccc1Br. The van der Waals surface area contributed by atoms with Crippen molar-refractivity contribution in [3.8, 4) is 5.75 Å². The molecule has 5 nitrogen and oxygen atoms in total. The van der Waals surface area contributed by atoms with Crippen molar-refractivity contribution in [2.75, 3.05) is 13.7 Å². The number of benzene rings is 1. The lowest BCUT2D eigenvalue weighted by Crippen LogP contribution is -2.57. The first-order valence-corrected chi connectivity index (χ1v) is 7.24. The van der Waals surface area contributed by atoms with Gasteiger partial charge in [-0.05, 0) is 30.2 Å². The van der Waals surface area contributed by atoms with E-state index in [0.29, 0.717) is 13.0 Å². The van der Waals surface area contributed by atoms with Crippen molar-refractivity contribution in [1.29, 1.82) is 0 Å². The van der Waals surface area contributed by atoms with Crippen LogP contribution in [0, 0.1) is 0 Å². The number of rotatable bonds is 4. The summed E-state index contributed by atoms with van der Waals surface area (Å²) in [5.74, 6) is 0.283. The van der Waals surface area contributed by atoms with E-state index in [1.165, 1.54) is 0 Å². The highest BCUT2D eigenvalue weighted by molar-refractivity contribution is 9.10. The molecule has 1 aromatic rings. The largest absolute Gasteiger partial charge is 0.497 e. The van der Waals surface area contributed by atoms with E-state index >= 15 is 0 Å². The maximum absolute atomic E-state index is 11.8. The molecule has 1 atom stereocenters. The molecule has 1 N–H and O–H groups in total. The number of nitrogens with zero attached hydrogens (tertiary/aromatic N) is 1. The lowest BCUT2D eigenvalue weighted by molar-refractivity contribution is -0.140. The number of imide groups is 1. The van der Waals surface area contributed by atoms with Crippen LogP contribution in [0.25, 0.3) is 0 Å². The quantitative estimate of drug-likeness (QED) is 0.847. The molecule has 0 aromatic heterocycles. The second-order valence-corrected chi connectivity index (χ2v) is 5.55. The summed E-state index contributed by atoms with van der Waals surface area (Å²) in [6.07, 6.45) is 0.667. The topological polar surface area (TPSA) is 58.6 Å². The highest BCUT2D eigenvalue weighted by Gasteiger charge is 2.32. The van der Waals surface area contributed by atoms with E-state index in [-0.39, 0.29) is 24.4 Å². The lowest BCUT2D eigenvalue weighted by Gasteiger charge is -2.33. The molecule has 1 aliphatic rings. The van der Waals surface area contributed by atoms with E-state index in [2.05, 4.69) is 21.2 Å². The van der Waals surface area contributed by atoms with Crippen molar-refractivity contribution in [1.82, 2.24) is 10.2 Å². The van der Waals surface area contributed by atoms with Gasteiger partial charge in [-0.2, -0.15) is 0 Å². The average molecular weight is 341 g/mol. The minimum Gasteiger partial charge on any atom is -0.497 e. The van der Waals surface area contributed by atoms with Gasteiger partial charge in [-0.15, -0.1) is 0 Å². The summed E-state index contributed by atoms with van der Waals surface area (Å²) in [5, 5.41) is 2.38.